The summed E-state index contributed by atoms with van der Waals surface area (Å²) in [6, 6.07) is 13.4. The Morgan fingerprint density at radius 1 is 1.06 bits per heavy atom. The molecular formula is C12H12Cl2N2. The van der Waals surface area contributed by atoms with Crippen LogP contribution >= 0.6 is 24.0 Å². The minimum atomic E-state index is 0. The summed E-state index contributed by atoms with van der Waals surface area (Å²) in [5.41, 5.74) is 1.82. The Hall–Kier alpha value is -1.25. The van der Waals surface area contributed by atoms with Gasteiger partial charge in [0.1, 0.15) is 5.49 Å². The monoisotopic (exact) mass is 254 g/mol. The Morgan fingerprint density at radius 3 is 2.38 bits per heavy atom. The van der Waals surface area contributed by atoms with Gasteiger partial charge in [0.2, 0.25) is 0 Å². The first-order valence-corrected chi connectivity index (χ1v) is 5.05. The second-order valence-corrected chi connectivity index (χ2v) is 3.69. The zero-order chi connectivity index (χ0) is 10.7. The van der Waals surface area contributed by atoms with E-state index in [0.29, 0.717) is 0 Å². The Morgan fingerprint density at radius 2 is 1.75 bits per heavy atom. The highest BCUT2D eigenvalue weighted by molar-refractivity contribution is 6.30. The normalized spacial score (nSPS) is 11.0. The molecule has 0 saturated carbocycles. The molecule has 1 heterocycles. The van der Waals surface area contributed by atoms with E-state index in [2.05, 4.69) is 4.99 Å². The van der Waals surface area contributed by atoms with Gasteiger partial charge in [0.05, 0.1) is 5.69 Å². The third kappa shape index (κ3) is 3.12. The van der Waals surface area contributed by atoms with Crippen LogP contribution in [0.1, 0.15) is 0 Å². The van der Waals surface area contributed by atoms with Crippen LogP contribution in [-0.4, -0.2) is 4.57 Å². The average molecular weight is 255 g/mol. The van der Waals surface area contributed by atoms with Crippen LogP contribution in [0.25, 0.3) is 0 Å². The van der Waals surface area contributed by atoms with Gasteiger partial charge in [-0.2, -0.15) is 0 Å². The number of aryl methyl sites for hydroxylation is 1. The lowest BCUT2D eigenvalue weighted by Crippen LogP contribution is -2.15. The van der Waals surface area contributed by atoms with Crippen molar-refractivity contribution in [2.45, 2.75) is 0 Å². The number of rotatable bonds is 1. The number of hydrogen-bond donors (Lipinski definition) is 0. The first-order chi connectivity index (χ1) is 7.25. The Bertz CT molecular complexity index is 515. The van der Waals surface area contributed by atoms with Crippen LogP contribution in [0.3, 0.4) is 0 Å². The largest absolute Gasteiger partial charge is 0.336 e. The molecule has 0 fully saturated rings. The molecule has 0 unspecified atom stereocenters. The zero-order valence-electron chi connectivity index (χ0n) is 8.80. The van der Waals surface area contributed by atoms with Gasteiger partial charge in [0.25, 0.3) is 0 Å². The summed E-state index contributed by atoms with van der Waals surface area (Å²) in [6.07, 6.45) is 1.97. The summed E-state index contributed by atoms with van der Waals surface area (Å²) in [6.45, 7) is 0. The van der Waals surface area contributed by atoms with Crippen molar-refractivity contribution in [1.82, 2.24) is 4.57 Å². The van der Waals surface area contributed by atoms with Gasteiger partial charge in [-0.1, -0.05) is 17.7 Å². The lowest BCUT2D eigenvalue weighted by atomic mass is 10.3. The minimum Gasteiger partial charge on any atom is -0.336 e. The van der Waals surface area contributed by atoms with Crippen LogP contribution in [0, 0.1) is 0 Å². The van der Waals surface area contributed by atoms with E-state index in [4.69, 9.17) is 11.6 Å². The standard InChI is InChI=1S/C12H11ClN2.ClH/c1-15-9-3-2-4-12(15)14-11-7-5-10(13)6-8-11;/h2-9H,1H3;1H. The number of benzene rings is 1. The summed E-state index contributed by atoms with van der Waals surface area (Å²) >= 11 is 5.80. The van der Waals surface area contributed by atoms with Gasteiger partial charge in [-0.25, -0.2) is 4.99 Å². The SMILES string of the molecule is Cl.Cn1ccccc1=Nc1ccc(Cl)cc1. The second kappa shape index (κ2) is 5.73. The fourth-order valence-corrected chi connectivity index (χ4v) is 1.40. The first kappa shape index (κ1) is 12.8. The fourth-order valence-electron chi connectivity index (χ4n) is 1.28. The third-order valence-corrected chi connectivity index (χ3v) is 2.35. The maximum Gasteiger partial charge on any atom is 0.132 e. The molecule has 0 aliphatic rings. The van der Waals surface area contributed by atoms with Crippen molar-refractivity contribution in [3.05, 3.63) is 59.2 Å². The summed E-state index contributed by atoms with van der Waals surface area (Å²) < 4.78 is 1.97. The molecule has 1 aromatic carbocycles. The van der Waals surface area contributed by atoms with E-state index in [1.807, 2.05) is 60.3 Å². The highest BCUT2D eigenvalue weighted by Gasteiger charge is 1.90. The van der Waals surface area contributed by atoms with Gasteiger partial charge < -0.3 is 4.57 Å². The van der Waals surface area contributed by atoms with Gasteiger partial charge in [0, 0.05) is 18.3 Å². The molecule has 0 saturated heterocycles. The minimum absolute atomic E-state index is 0. The molecule has 0 aliphatic carbocycles. The summed E-state index contributed by atoms with van der Waals surface area (Å²) in [5, 5.41) is 0.728. The van der Waals surface area contributed by atoms with Gasteiger partial charge in [-0.3, -0.25) is 0 Å². The molecule has 0 radical (unpaired) electrons. The van der Waals surface area contributed by atoms with E-state index < -0.39 is 0 Å². The number of pyridine rings is 1. The average Bonchev–Trinajstić information content (AvgIpc) is 2.25. The van der Waals surface area contributed by atoms with Crippen LogP contribution < -0.4 is 5.49 Å². The summed E-state index contributed by atoms with van der Waals surface area (Å²) in [5.74, 6) is 0. The highest BCUT2D eigenvalue weighted by Crippen LogP contribution is 2.15. The zero-order valence-corrected chi connectivity index (χ0v) is 10.4. The van der Waals surface area contributed by atoms with Crippen LogP contribution in [0.4, 0.5) is 5.69 Å². The van der Waals surface area contributed by atoms with Crippen molar-refractivity contribution in [2.24, 2.45) is 12.0 Å². The number of nitrogens with zero attached hydrogens (tertiary/aromatic N) is 2. The number of halogens is 2. The van der Waals surface area contributed by atoms with Crippen molar-refractivity contribution >= 4 is 29.7 Å². The smallest absolute Gasteiger partial charge is 0.132 e. The molecule has 2 nitrogen and oxygen atoms in total. The van der Waals surface area contributed by atoms with Crippen molar-refractivity contribution in [2.75, 3.05) is 0 Å². The van der Waals surface area contributed by atoms with Crippen LogP contribution in [0.5, 0.6) is 0 Å². The summed E-state index contributed by atoms with van der Waals surface area (Å²) in [7, 11) is 1.97. The molecule has 84 valence electrons. The molecule has 4 heteroatoms. The molecule has 1 aromatic heterocycles. The molecule has 0 amide bonds. The Labute approximate surface area is 106 Å². The maximum absolute atomic E-state index is 5.80. The predicted octanol–water partition coefficient (Wildman–Crippen LogP) is 3.33. The Kier molecular flexibility index (Phi) is 4.59. The van der Waals surface area contributed by atoms with E-state index in [0.717, 1.165) is 16.2 Å². The second-order valence-electron chi connectivity index (χ2n) is 3.26. The predicted molar refractivity (Wildman–Crippen MR) is 69.3 cm³/mol. The topological polar surface area (TPSA) is 17.3 Å². The van der Waals surface area contributed by atoms with E-state index >= 15 is 0 Å². The van der Waals surface area contributed by atoms with Crippen molar-refractivity contribution in [3.8, 4) is 0 Å². The molecule has 0 bridgehead atoms. The van der Waals surface area contributed by atoms with Gasteiger partial charge in [-0.05, 0) is 36.4 Å². The van der Waals surface area contributed by atoms with Gasteiger partial charge in [-0.15, -0.1) is 12.4 Å². The molecule has 0 atom stereocenters. The highest BCUT2D eigenvalue weighted by atomic mass is 35.5. The van der Waals surface area contributed by atoms with Crippen LogP contribution in [0.2, 0.25) is 5.02 Å². The molecule has 16 heavy (non-hydrogen) atoms. The maximum atomic E-state index is 5.80. The van der Waals surface area contributed by atoms with Crippen molar-refractivity contribution < 1.29 is 0 Å². The first-order valence-electron chi connectivity index (χ1n) is 4.68. The molecule has 0 spiro atoms. The van der Waals surface area contributed by atoms with Crippen molar-refractivity contribution in [3.63, 3.8) is 0 Å². The lowest BCUT2D eigenvalue weighted by Gasteiger charge is -1.98. The molecule has 2 rings (SSSR count). The third-order valence-electron chi connectivity index (χ3n) is 2.10. The van der Waals surface area contributed by atoms with Gasteiger partial charge in [0.15, 0.2) is 0 Å². The van der Waals surface area contributed by atoms with E-state index in [9.17, 15) is 0 Å². The number of aromatic nitrogens is 1. The molecule has 0 N–H and O–H groups in total. The molecule has 2 aromatic rings. The van der Waals surface area contributed by atoms with Crippen LogP contribution in [-0.2, 0) is 7.05 Å². The lowest BCUT2D eigenvalue weighted by molar-refractivity contribution is 0.835. The quantitative estimate of drug-likeness (QED) is 0.743. The van der Waals surface area contributed by atoms with Gasteiger partial charge >= 0.3 is 0 Å². The number of hydrogen-bond acceptors (Lipinski definition) is 1. The molecular weight excluding hydrogens is 243 g/mol. The van der Waals surface area contributed by atoms with E-state index in [-0.39, 0.29) is 12.4 Å². The van der Waals surface area contributed by atoms with Crippen molar-refractivity contribution in [1.29, 1.82) is 0 Å². The molecule has 0 aliphatic heterocycles. The fraction of sp³-hybridized carbons (Fsp3) is 0.0833. The summed E-state index contributed by atoms with van der Waals surface area (Å²) in [4.78, 5) is 4.49. The van der Waals surface area contributed by atoms with E-state index in [1.54, 1.807) is 0 Å². The Balaban J connectivity index is 0.00000128. The van der Waals surface area contributed by atoms with E-state index in [1.165, 1.54) is 0 Å². The van der Waals surface area contributed by atoms with Crippen LogP contribution in [0.15, 0.2) is 53.7 Å².